The first-order valence-electron chi connectivity index (χ1n) is 8.66. The third-order valence-electron chi connectivity index (χ3n) is 4.82. The van der Waals surface area contributed by atoms with Gasteiger partial charge < -0.3 is 5.11 Å². The monoisotopic (exact) mass is 403 g/mol. The van der Waals surface area contributed by atoms with Gasteiger partial charge in [0.25, 0.3) is 0 Å². The Morgan fingerprint density at radius 2 is 1.73 bits per heavy atom. The first-order valence-corrected chi connectivity index (χ1v) is 10.2. The summed E-state index contributed by atoms with van der Waals surface area (Å²) in [5, 5.41) is 11.0. The molecular formula is C21H19Cl2NOS. The molecule has 0 unspecified atom stereocenters. The molecule has 2 aromatic carbocycles. The lowest BCUT2D eigenvalue weighted by Gasteiger charge is -2.18. The molecule has 0 saturated heterocycles. The zero-order chi connectivity index (χ0) is 18.1. The zero-order valence-electron chi connectivity index (χ0n) is 14.2. The molecule has 2 nitrogen and oxygen atoms in total. The smallest absolute Gasteiger partial charge is 0.115 e. The number of nitrogens with zero attached hydrogens (tertiary/aromatic N) is 1. The maximum Gasteiger partial charge on any atom is 0.115 e. The van der Waals surface area contributed by atoms with Crippen LogP contribution >= 0.6 is 34.5 Å². The van der Waals surface area contributed by atoms with E-state index in [1.165, 1.54) is 20.9 Å². The van der Waals surface area contributed by atoms with E-state index in [0.29, 0.717) is 15.8 Å². The number of hydrogen-bond acceptors (Lipinski definition) is 3. The molecule has 0 radical (unpaired) electrons. The van der Waals surface area contributed by atoms with E-state index in [9.17, 15) is 5.11 Å². The van der Waals surface area contributed by atoms with Crippen molar-refractivity contribution >= 4 is 34.5 Å². The molecule has 0 saturated carbocycles. The lowest BCUT2D eigenvalue weighted by molar-refractivity contribution is 0.282. The van der Waals surface area contributed by atoms with Crippen LogP contribution in [-0.4, -0.2) is 23.1 Å². The number of hydrogen-bond donors (Lipinski definition) is 1. The predicted molar refractivity (Wildman–Crippen MR) is 111 cm³/mol. The average molecular weight is 404 g/mol. The first-order chi connectivity index (χ1) is 12.6. The molecule has 0 bridgehead atoms. The van der Waals surface area contributed by atoms with Gasteiger partial charge in [-0.2, -0.15) is 0 Å². The van der Waals surface area contributed by atoms with Crippen molar-refractivity contribution in [2.75, 3.05) is 13.1 Å². The van der Waals surface area contributed by atoms with Crippen LogP contribution in [0.4, 0.5) is 0 Å². The fraction of sp³-hybridized carbons (Fsp3) is 0.238. The Kier molecular flexibility index (Phi) is 5.23. The number of benzene rings is 2. The largest absolute Gasteiger partial charge is 0.508 e. The molecule has 5 heteroatoms. The molecule has 3 aromatic rings. The van der Waals surface area contributed by atoms with Gasteiger partial charge >= 0.3 is 0 Å². The van der Waals surface area contributed by atoms with Gasteiger partial charge in [0.1, 0.15) is 5.75 Å². The number of halogens is 2. The Balaban J connectivity index is 1.46. The number of phenols is 1. The highest BCUT2D eigenvalue weighted by Crippen LogP contribution is 2.35. The zero-order valence-corrected chi connectivity index (χ0v) is 16.5. The van der Waals surface area contributed by atoms with Gasteiger partial charge in [0.05, 0.1) is 5.02 Å². The molecule has 0 aliphatic carbocycles. The van der Waals surface area contributed by atoms with Crippen molar-refractivity contribution in [2.45, 2.75) is 19.4 Å². The minimum atomic E-state index is 0.361. The van der Waals surface area contributed by atoms with Crippen LogP contribution < -0.4 is 0 Å². The van der Waals surface area contributed by atoms with Crippen molar-refractivity contribution < 1.29 is 5.11 Å². The Labute approximate surface area is 167 Å². The normalized spacial score (nSPS) is 14.8. The predicted octanol–water partition coefficient (Wildman–Crippen LogP) is 6.03. The molecule has 0 atom stereocenters. The van der Waals surface area contributed by atoms with Crippen LogP contribution in [0.1, 0.15) is 16.0 Å². The average Bonchev–Trinajstić information content (AvgIpc) is 2.97. The first kappa shape index (κ1) is 17.9. The number of rotatable bonds is 3. The summed E-state index contributed by atoms with van der Waals surface area (Å²) in [4.78, 5) is 4.99. The minimum Gasteiger partial charge on any atom is -0.508 e. The van der Waals surface area contributed by atoms with Crippen LogP contribution in [0.5, 0.6) is 5.75 Å². The summed E-state index contributed by atoms with van der Waals surface area (Å²) in [6, 6.07) is 15.7. The molecule has 0 amide bonds. The molecule has 0 fully saturated rings. The third-order valence-corrected chi connectivity index (χ3v) is 6.47. The van der Waals surface area contributed by atoms with E-state index in [0.717, 1.165) is 38.0 Å². The van der Waals surface area contributed by atoms with Gasteiger partial charge in [-0.1, -0.05) is 35.3 Å². The number of aromatic hydroxyl groups is 1. The Morgan fingerprint density at radius 1 is 0.923 bits per heavy atom. The van der Waals surface area contributed by atoms with E-state index in [1.54, 1.807) is 23.5 Å². The van der Waals surface area contributed by atoms with Crippen LogP contribution in [0.25, 0.3) is 10.4 Å². The van der Waals surface area contributed by atoms with Crippen LogP contribution in [0.3, 0.4) is 0 Å². The lowest BCUT2D eigenvalue weighted by Crippen LogP contribution is -2.25. The highest BCUT2D eigenvalue weighted by atomic mass is 35.5. The summed E-state index contributed by atoms with van der Waals surface area (Å²) in [6.45, 7) is 2.98. The van der Waals surface area contributed by atoms with Gasteiger partial charge in [0.2, 0.25) is 0 Å². The fourth-order valence-electron chi connectivity index (χ4n) is 3.43. The molecule has 134 valence electrons. The van der Waals surface area contributed by atoms with Gasteiger partial charge in [0, 0.05) is 40.0 Å². The molecule has 1 aliphatic rings. The molecule has 1 N–H and O–H groups in total. The standard InChI is InChI=1S/C21H19Cl2NOS/c22-16-2-5-19(20(23)12-16)21-6-4-18(26-21)13-24-9-7-14-1-3-17(25)11-15(14)8-10-24/h1-6,11-12,25H,7-10,13H2. The summed E-state index contributed by atoms with van der Waals surface area (Å²) < 4.78 is 0. The van der Waals surface area contributed by atoms with Gasteiger partial charge in [-0.3, -0.25) is 4.90 Å². The number of thiophene rings is 1. The highest BCUT2D eigenvalue weighted by molar-refractivity contribution is 7.15. The van der Waals surface area contributed by atoms with Crippen molar-refractivity contribution in [3.63, 3.8) is 0 Å². The summed E-state index contributed by atoms with van der Waals surface area (Å²) >= 11 is 14.1. The van der Waals surface area contributed by atoms with Crippen LogP contribution in [0.15, 0.2) is 48.5 Å². The fourth-order valence-corrected chi connectivity index (χ4v) is 5.09. The molecule has 1 aliphatic heterocycles. The maximum atomic E-state index is 9.70. The van der Waals surface area contributed by atoms with Gasteiger partial charge in [0.15, 0.2) is 0 Å². The van der Waals surface area contributed by atoms with Gasteiger partial charge in [-0.25, -0.2) is 0 Å². The third kappa shape index (κ3) is 3.91. The quantitative estimate of drug-likeness (QED) is 0.576. The summed E-state index contributed by atoms with van der Waals surface area (Å²) in [6.07, 6.45) is 2.00. The highest BCUT2D eigenvalue weighted by Gasteiger charge is 2.16. The van der Waals surface area contributed by atoms with Gasteiger partial charge in [-0.15, -0.1) is 11.3 Å². The van der Waals surface area contributed by atoms with Crippen molar-refractivity contribution in [1.82, 2.24) is 4.90 Å². The Bertz CT molecular complexity index is 938. The van der Waals surface area contributed by atoms with E-state index in [4.69, 9.17) is 23.2 Å². The molecular weight excluding hydrogens is 385 g/mol. The van der Waals surface area contributed by atoms with Gasteiger partial charge in [-0.05, 0) is 60.4 Å². The van der Waals surface area contributed by atoms with E-state index in [-0.39, 0.29) is 0 Å². The molecule has 0 spiro atoms. The second kappa shape index (κ2) is 7.61. The Morgan fingerprint density at radius 3 is 2.54 bits per heavy atom. The van der Waals surface area contributed by atoms with E-state index < -0.39 is 0 Å². The van der Waals surface area contributed by atoms with E-state index >= 15 is 0 Å². The second-order valence-electron chi connectivity index (χ2n) is 6.62. The maximum absolute atomic E-state index is 9.70. The van der Waals surface area contributed by atoms with Crippen LogP contribution in [0, 0.1) is 0 Å². The number of phenolic OH excluding ortho intramolecular Hbond substituents is 1. The van der Waals surface area contributed by atoms with Crippen LogP contribution in [-0.2, 0) is 19.4 Å². The van der Waals surface area contributed by atoms with Crippen LogP contribution in [0.2, 0.25) is 10.0 Å². The Hall–Kier alpha value is -1.52. The SMILES string of the molecule is Oc1ccc2c(c1)CCN(Cc1ccc(-c3ccc(Cl)cc3Cl)s1)CC2. The van der Waals surface area contributed by atoms with E-state index in [2.05, 4.69) is 23.1 Å². The summed E-state index contributed by atoms with van der Waals surface area (Å²) in [7, 11) is 0. The van der Waals surface area contributed by atoms with E-state index in [1.807, 2.05) is 18.2 Å². The van der Waals surface area contributed by atoms with Crippen molar-refractivity contribution in [3.05, 3.63) is 74.6 Å². The van der Waals surface area contributed by atoms with Crippen molar-refractivity contribution in [3.8, 4) is 16.2 Å². The van der Waals surface area contributed by atoms with Crippen molar-refractivity contribution in [1.29, 1.82) is 0 Å². The van der Waals surface area contributed by atoms with Crippen molar-refractivity contribution in [2.24, 2.45) is 0 Å². The molecule has 26 heavy (non-hydrogen) atoms. The number of fused-ring (bicyclic) bond motifs is 1. The minimum absolute atomic E-state index is 0.361. The second-order valence-corrected chi connectivity index (χ2v) is 8.63. The molecule has 2 heterocycles. The summed E-state index contributed by atoms with van der Waals surface area (Å²) in [5.74, 6) is 0.361. The summed E-state index contributed by atoms with van der Waals surface area (Å²) in [5.41, 5.74) is 3.66. The molecule has 1 aromatic heterocycles. The lowest BCUT2D eigenvalue weighted by atomic mass is 10.0. The topological polar surface area (TPSA) is 23.5 Å². The molecule has 4 rings (SSSR count).